The van der Waals surface area contributed by atoms with Crippen LogP contribution in [0, 0.1) is 5.82 Å². The van der Waals surface area contributed by atoms with E-state index < -0.39 is 5.82 Å². The molecular weight excluding hydrogens is 286 g/mol. The Morgan fingerprint density at radius 1 is 1.26 bits per heavy atom. The van der Waals surface area contributed by atoms with Crippen molar-refractivity contribution in [2.24, 2.45) is 0 Å². The molecule has 0 radical (unpaired) electrons. The van der Waals surface area contributed by atoms with Gasteiger partial charge in [0.2, 0.25) is 0 Å². The molecule has 0 aliphatic rings. The molecule has 2 aromatic rings. The predicted octanol–water partition coefficient (Wildman–Crippen LogP) is 4.03. The maximum atomic E-state index is 13.4. The minimum atomic E-state index is -0.416. The molecule has 2 nitrogen and oxygen atoms in total. The Hall–Kier alpha value is -1.16. The lowest BCUT2D eigenvalue weighted by Gasteiger charge is -2.17. The highest BCUT2D eigenvalue weighted by molar-refractivity contribution is 6.31. The second kappa shape index (κ2) is 6.33. The Morgan fingerprint density at radius 3 is 2.74 bits per heavy atom. The molecule has 0 aliphatic carbocycles. The van der Waals surface area contributed by atoms with Gasteiger partial charge in [-0.05, 0) is 37.2 Å². The molecule has 2 rings (SSSR count). The van der Waals surface area contributed by atoms with Gasteiger partial charge in [-0.3, -0.25) is 4.98 Å². The number of aromatic nitrogens is 1. The van der Waals surface area contributed by atoms with Gasteiger partial charge >= 0.3 is 0 Å². The van der Waals surface area contributed by atoms with Crippen LogP contribution in [-0.2, 0) is 6.42 Å². The molecule has 0 amide bonds. The van der Waals surface area contributed by atoms with Crippen LogP contribution in [0.3, 0.4) is 0 Å². The first-order chi connectivity index (χ1) is 9.13. The van der Waals surface area contributed by atoms with E-state index in [-0.39, 0.29) is 11.1 Å². The molecule has 1 aromatic heterocycles. The van der Waals surface area contributed by atoms with Crippen molar-refractivity contribution in [2.45, 2.75) is 12.5 Å². The Labute approximate surface area is 121 Å². The van der Waals surface area contributed by atoms with Crippen LogP contribution in [0.25, 0.3) is 0 Å². The van der Waals surface area contributed by atoms with Gasteiger partial charge in [-0.1, -0.05) is 35.3 Å². The van der Waals surface area contributed by atoms with Crippen LogP contribution in [0.2, 0.25) is 10.0 Å². The van der Waals surface area contributed by atoms with Crippen LogP contribution in [0.1, 0.15) is 17.3 Å². The molecule has 0 bridgehead atoms. The van der Waals surface area contributed by atoms with Gasteiger partial charge in [0.1, 0.15) is 5.82 Å². The number of benzene rings is 1. The zero-order chi connectivity index (χ0) is 13.8. The van der Waals surface area contributed by atoms with Gasteiger partial charge in [0.25, 0.3) is 0 Å². The predicted molar refractivity (Wildman–Crippen MR) is 76.2 cm³/mol. The molecule has 1 heterocycles. The molecule has 1 aromatic carbocycles. The van der Waals surface area contributed by atoms with Crippen molar-refractivity contribution in [3.63, 3.8) is 0 Å². The number of hydrogen-bond donors (Lipinski definition) is 1. The summed E-state index contributed by atoms with van der Waals surface area (Å²) in [6, 6.07) is 8.21. The van der Waals surface area contributed by atoms with E-state index >= 15 is 0 Å². The third-order valence-electron chi connectivity index (χ3n) is 2.92. The second-order valence-corrected chi connectivity index (χ2v) is 4.91. The highest BCUT2D eigenvalue weighted by Crippen LogP contribution is 2.27. The lowest BCUT2D eigenvalue weighted by molar-refractivity contribution is 0.571. The average molecular weight is 299 g/mol. The van der Waals surface area contributed by atoms with Crippen molar-refractivity contribution in [1.29, 1.82) is 0 Å². The van der Waals surface area contributed by atoms with E-state index in [1.165, 1.54) is 6.07 Å². The minimum absolute atomic E-state index is 0.118. The average Bonchev–Trinajstić information content (AvgIpc) is 2.41. The Kier molecular flexibility index (Phi) is 4.75. The lowest BCUT2D eigenvalue weighted by Crippen LogP contribution is -2.20. The lowest BCUT2D eigenvalue weighted by atomic mass is 10.0. The summed E-state index contributed by atoms with van der Waals surface area (Å²) in [5, 5.41) is 3.85. The number of nitrogens with zero attached hydrogens (tertiary/aromatic N) is 1. The smallest absolute Gasteiger partial charge is 0.142 e. The summed E-state index contributed by atoms with van der Waals surface area (Å²) >= 11 is 12.1. The minimum Gasteiger partial charge on any atom is -0.311 e. The van der Waals surface area contributed by atoms with Crippen LogP contribution in [-0.4, -0.2) is 12.0 Å². The molecule has 1 atom stereocenters. The van der Waals surface area contributed by atoms with Crippen LogP contribution in [0.4, 0.5) is 4.39 Å². The van der Waals surface area contributed by atoms with Crippen molar-refractivity contribution < 1.29 is 4.39 Å². The number of hydrogen-bond acceptors (Lipinski definition) is 2. The van der Waals surface area contributed by atoms with Crippen molar-refractivity contribution in [3.8, 4) is 0 Å². The van der Waals surface area contributed by atoms with E-state index in [4.69, 9.17) is 23.2 Å². The van der Waals surface area contributed by atoms with Gasteiger partial charge in [0.05, 0.1) is 21.8 Å². The van der Waals surface area contributed by atoms with E-state index in [1.54, 1.807) is 30.5 Å². The molecule has 0 spiro atoms. The quantitative estimate of drug-likeness (QED) is 0.922. The van der Waals surface area contributed by atoms with E-state index in [2.05, 4.69) is 10.3 Å². The van der Waals surface area contributed by atoms with Crippen molar-refractivity contribution in [3.05, 3.63) is 63.6 Å². The normalized spacial score (nSPS) is 12.4. The van der Waals surface area contributed by atoms with Crippen LogP contribution in [0.5, 0.6) is 0 Å². The fraction of sp³-hybridized carbons (Fsp3) is 0.214. The largest absolute Gasteiger partial charge is 0.311 e. The summed E-state index contributed by atoms with van der Waals surface area (Å²) in [6.07, 6.45) is 2.20. The van der Waals surface area contributed by atoms with E-state index in [0.717, 1.165) is 11.3 Å². The summed E-state index contributed by atoms with van der Waals surface area (Å²) in [4.78, 5) is 4.27. The monoisotopic (exact) mass is 298 g/mol. The zero-order valence-corrected chi connectivity index (χ0v) is 11.8. The number of pyridine rings is 1. The van der Waals surface area contributed by atoms with Crippen LogP contribution in [0.15, 0.2) is 36.5 Å². The Bertz CT molecular complexity index is 575. The summed E-state index contributed by atoms with van der Waals surface area (Å²) < 4.78 is 13.4. The molecule has 1 N–H and O–H groups in total. The first-order valence-electron chi connectivity index (χ1n) is 5.84. The molecule has 1 unspecified atom stereocenters. The number of likely N-dealkylation sites (N-methyl/N-ethyl adjacent to an activating group) is 1. The third-order valence-corrected chi connectivity index (χ3v) is 3.66. The van der Waals surface area contributed by atoms with E-state index in [1.807, 2.05) is 7.05 Å². The number of rotatable bonds is 4. The summed E-state index contributed by atoms with van der Waals surface area (Å²) in [5.41, 5.74) is 1.45. The fourth-order valence-corrected chi connectivity index (χ4v) is 2.37. The topological polar surface area (TPSA) is 24.9 Å². The van der Waals surface area contributed by atoms with Crippen molar-refractivity contribution in [2.75, 3.05) is 7.05 Å². The molecule has 0 aliphatic heterocycles. The van der Waals surface area contributed by atoms with Gasteiger partial charge in [0.15, 0.2) is 0 Å². The third kappa shape index (κ3) is 3.24. The van der Waals surface area contributed by atoms with Gasteiger partial charge in [0, 0.05) is 6.20 Å². The second-order valence-electron chi connectivity index (χ2n) is 4.13. The SMILES string of the molecule is CNC(Cc1cccc(F)c1Cl)c1ncccc1Cl. The molecule has 0 saturated carbocycles. The molecule has 0 fully saturated rings. The molecule has 0 saturated heterocycles. The van der Waals surface area contributed by atoms with E-state index in [0.29, 0.717) is 11.4 Å². The van der Waals surface area contributed by atoms with Gasteiger partial charge in [-0.2, -0.15) is 0 Å². The maximum Gasteiger partial charge on any atom is 0.142 e. The number of nitrogens with one attached hydrogen (secondary N) is 1. The van der Waals surface area contributed by atoms with Gasteiger partial charge in [-0.25, -0.2) is 4.39 Å². The van der Waals surface area contributed by atoms with Crippen molar-refractivity contribution in [1.82, 2.24) is 10.3 Å². The first kappa shape index (κ1) is 14.3. The van der Waals surface area contributed by atoms with Gasteiger partial charge < -0.3 is 5.32 Å². The molecule has 5 heteroatoms. The van der Waals surface area contributed by atoms with E-state index in [9.17, 15) is 4.39 Å². The molecule has 100 valence electrons. The number of halogens is 3. The summed E-state index contributed by atoms with van der Waals surface area (Å²) in [7, 11) is 1.81. The van der Waals surface area contributed by atoms with Gasteiger partial charge in [-0.15, -0.1) is 0 Å². The summed E-state index contributed by atoms with van der Waals surface area (Å²) in [6.45, 7) is 0. The first-order valence-corrected chi connectivity index (χ1v) is 6.59. The fourth-order valence-electron chi connectivity index (χ4n) is 1.92. The molecule has 19 heavy (non-hydrogen) atoms. The highest BCUT2D eigenvalue weighted by atomic mass is 35.5. The zero-order valence-electron chi connectivity index (χ0n) is 10.3. The summed E-state index contributed by atoms with van der Waals surface area (Å²) in [5.74, 6) is -0.416. The molecular formula is C14H13Cl2FN2. The van der Waals surface area contributed by atoms with Crippen molar-refractivity contribution >= 4 is 23.2 Å². The van der Waals surface area contributed by atoms with Crippen LogP contribution < -0.4 is 5.32 Å². The van der Waals surface area contributed by atoms with Crippen LogP contribution >= 0.6 is 23.2 Å². The Balaban J connectivity index is 2.30. The Morgan fingerprint density at radius 2 is 2.05 bits per heavy atom. The standard InChI is InChI=1S/C14H13Cl2FN2/c1-18-12(14-10(15)5-3-7-19-14)8-9-4-2-6-11(17)13(9)16/h2-7,12,18H,8H2,1H3. The maximum absolute atomic E-state index is 13.4. The highest BCUT2D eigenvalue weighted by Gasteiger charge is 2.17.